The van der Waals surface area contributed by atoms with Crippen LogP contribution in [0.2, 0.25) is 0 Å². The largest absolute Gasteiger partial charge is 0.290 e. The summed E-state index contributed by atoms with van der Waals surface area (Å²) in [4.78, 5) is 26.1. The Morgan fingerprint density at radius 3 is 2.61 bits per heavy atom. The molecule has 0 atom stereocenters. The van der Waals surface area contributed by atoms with Crippen molar-refractivity contribution in [2.24, 2.45) is 0 Å². The molecule has 0 bridgehead atoms. The Balaban J connectivity index is 1.60. The number of hydrogen-bond acceptors (Lipinski definition) is 5. The Morgan fingerprint density at radius 1 is 0.903 bits per heavy atom. The van der Waals surface area contributed by atoms with Crippen LogP contribution in [0, 0.1) is 6.92 Å². The van der Waals surface area contributed by atoms with E-state index < -0.39 is 0 Å². The van der Waals surface area contributed by atoms with E-state index in [1.807, 2.05) is 55.5 Å². The number of imidazole rings is 1. The van der Waals surface area contributed by atoms with Crippen LogP contribution >= 0.6 is 0 Å². The van der Waals surface area contributed by atoms with Gasteiger partial charge in [-0.15, -0.1) is 0 Å². The van der Waals surface area contributed by atoms with Crippen molar-refractivity contribution in [3.63, 3.8) is 0 Å². The van der Waals surface area contributed by atoms with E-state index in [-0.39, 0.29) is 11.9 Å². The molecule has 7 heteroatoms. The molecular weight excluding hydrogens is 388 g/mol. The van der Waals surface area contributed by atoms with Gasteiger partial charge in [0.15, 0.2) is 5.65 Å². The van der Waals surface area contributed by atoms with Crippen molar-refractivity contribution in [2.75, 3.05) is 5.32 Å². The second-order valence-corrected chi connectivity index (χ2v) is 7.06. The first-order valence-corrected chi connectivity index (χ1v) is 9.80. The van der Waals surface area contributed by atoms with Crippen LogP contribution in [0.25, 0.3) is 28.3 Å². The van der Waals surface area contributed by atoms with Gasteiger partial charge in [0.1, 0.15) is 11.4 Å². The molecule has 0 aliphatic carbocycles. The number of fused-ring (bicyclic) bond motifs is 1. The normalized spacial score (nSPS) is 10.9. The highest BCUT2D eigenvalue weighted by Crippen LogP contribution is 2.31. The number of carbonyl (C=O) groups is 1. The summed E-state index contributed by atoms with van der Waals surface area (Å²) in [5.41, 5.74) is 5.46. The number of rotatable bonds is 4. The van der Waals surface area contributed by atoms with Crippen molar-refractivity contribution in [1.29, 1.82) is 0 Å². The van der Waals surface area contributed by atoms with E-state index in [0.717, 1.165) is 22.5 Å². The van der Waals surface area contributed by atoms with Crippen molar-refractivity contribution >= 4 is 17.5 Å². The van der Waals surface area contributed by atoms with Gasteiger partial charge in [-0.1, -0.05) is 42.0 Å². The molecule has 0 unspecified atom stereocenters. The maximum absolute atomic E-state index is 12.5. The Bertz CT molecular complexity index is 1390. The van der Waals surface area contributed by atoms with Crippen LogP contribution < -0.4 is 5.32 Å². The fraction of sp³-hybridized carbons (Fsp3) is 0.0417. The van der Waals surface area contributed by atoms with Gasteiger partial charge in [-0.2, -0.15) is 5.10 Å². The van der Waals surface area contributed by atoms with Gasteiger partial charge in [-0.25, -0.2) is 19.5 Å². The molecule has 5 aromatic rings. The van der Waals surface area contributed by atoms with Crippen LogP contribution in [0.5, 0.6) is 0 Å². The third-order valence-electron chi connectivity index (χ3n) is 4.84. The molecule has 31 heavy (non-hydrogen) atoms. The Hall–Kier alpha value is -4.39. The molecule has 0 fully saturated rings. The summed E-state index contributed by atoms with van der Waals surface area (Å²) in [6, 6.07) is 22.6. The summed E-state index contributed by atoms with van der Waals surface area (Å²) in [7, 11) is 0. The number of nitrogens with one attached hydrogen (secondary N) is 1. The smallest absolute Gasteiger partial charge is 0.258 e. The second-order valence-electron chi connectivity index (χ2n) is 7.06. The molecule has 2 aromatic carbocycles. The zero-order valence-electron chi connectivity index (χ0n) is 16.7. The van der Waals surface area contributed by atoms with Crippen LogP contribution in [0.4, 0.5) is 5.95 Å². The lowest BCUT2D eigenvalue weighted by Crippen LogP contribution is -2.14. The van der Waals surface area contributed by atoms with E-state index in [2.05, 4.69) is 26.4 Å². The van der Waals surface area contributed by atoms with Crippen LogP contribution in [-0.2, 0) is 0 Å². The molecule has 3 aromatic heterocycles. The number of benzene rings is 2. The van der Waals surface area contributed by atoms with Gasteiger partial charge >= 0.3 is 0 Å². The predicted molar refractivity (Wildman–Crippen MR) is 119 cm³/mol. The second kappa shape index (κ2) is 7.79. The third-order valence-corrected chi connectivity index (χ3v) is 4.84. The number of carbonyl (C=O) groups excluding carboxylic acids is 1. The molecule has 7 nitrogen and oxygen atoms in total. The van der Waals surface area contributed by atoms with Crippen LogP contribution in [0.15, 0.2) is 85.2 Å². The third kappa shape index (κ3) is 3.64. The molecule has 150 valence electrons. The zero-order chi connectivity index (χ0) is 21.2. The van der Waals surface area contributed by atoms with Gasteiger partial charge in [-0.05, 0) is 43.3 Å². The average molecular weight is 406 g/mol. The van der Waals surface area contributed by atoms with Crippen LogP contribution in [0.1, 0.15) is 15.9 Å². The van der Waals surface area contributed by atoms with Crippen molar-refractivity contribution in [2.45, 2.75) is 6.92 Å². The minimum absolute atomic E-state index is 0.215. The highest BCUT2D eigenvalue weighted by molar-refractivity contribution is 6.03. The number of amides is 1. The molecule has 0 radical (unpaired) electrons. The molecule has 0 spiro atoms. The topological polar surface area (TPSA) is 85.1 Å². The van der Waals surface area contributed by atoms with Crippen molar-refractivity contribution in [3.05, 3.63) is 96.3 Å². The maximum atomic E-state index is 12.5. The summed E-state index contributed by atoms with van der Waals surface area (Å²) in [6.45, 7) is 2.04. The quantitative estimate of drug-likeness (QED) is 0.478. The molecule has 0 saturated carbocycles. The Morgan fingerprint density at radius 2 is 1.77 bits per heavy atom. The number of anilines is 1. The Kier molecular flexibility index (Phi) is 4.68. The van der Waals surface area contributed by atoms with Crippen LogP contribution in [0.3, 0.4) is 0 Å². The highest BCUT2D eigenvalue weighted by Gasteiger charge is 2.19. The molecule has 5 rings (SSSR count). The van der Waals surface area contributed by atoms with Crippen molar-refractivity contribution in [3.8, 4) is 22.6 Å². The zero-order valence-corrected chi connectivity index (χ0v) is 16.7. The molecule has 1 N–H and O–H groups in total. The summed E-state index contributed by atoms with van der Waals surface area (Å²) in [5, 5.41) is 7.24. The molecule has 0 aliphatic heterocycles. The molecule has 0 aliphatic rings. The van der Waals surface area contributed by atoms with E-state index in [0.29, 0.717) is 16.9 Å². The maximum Gasteiger partial charge on any atom is 0.258 e. The van der Waals surface area contributed by atoms with Gasteiger partial charge in [0.05, 0.1) is 5.69 Å². The van der Waals surface area contributed by atoms with Gasteiger partial charge in [-0.3, -0.25) is 10.1 Å². The van der Waals surface area contributed by atoms with Crippen LogP contribution in [-0.4, -0.2) is 30.5 Å². The van der Waals surface area contributed by atoms with E-state index in [4.69, 9.17) is 4.98 Å². The van der Waals surface area contributed by atoms with E-state index in [1.54, 1.807) is 35.1 Å². The van der Waals surface area contributed by atoms with E-state index in [9.17, 15) is 4.79 Å². The number of aryl methyl sites for hydroxylation is 1. The fourth-order valence-electron chi connectivity index (χ4n) is 3.43. The monoisotopic (exact) mass is 406 g/mol. The summed E-state index contributed by atoms with van der Waals surface area (Å²) < 4.78 is 1.75. The average Bonchev–Trinajstić information content (AvgIpc) is 3.19. The fourth-order valence-corrected chi connectivity index (χ4v) is 3.43. The standard InChI is InChI=1S/C24H18N6O/c1-16-7-5-10-18(15-16)21-22(30-20(28-21)11-6-13-26-30)19-12-14-25-24(27-19)29-23(31)17-8-3-2-4-9-17/h2-15H,1H3,(H,25,27,29,31). The lowest BCUT2D eigenvalue weighted by molar-refractivity contribution is 0.102. The molecular formula is C24H18N6O. The van der Waals surface area contributed by atoms with Gasteiger partial charge < -0.3 is 0 Å². The summed E-state index contributed by atoms with van der Waals surface area (Å²) in [6.07, 6.45) is 3.32. The highest BCUT2D eigenvalue weighted by atomic mass is 16.1. The first-order valence-electron chi connectivity index (χ1n) is 9.80. The molecule has 1 amide bonds. The Labute approximate surface area is 178 Å². The summed E-state index contributed by atoms with van der Waals surface area (Å²) in [5.74, 6) is -0.0552. The lowest BCUT2D eigenvalue weighted by Gasteiger charge is -2.08. The SMILES string of the molecule is Cc1cccc(-c2nc3cccnn3c2-c2ccnc(NC(=O)c3ccccc3)n2)c1. The minimum atomic E-state index is -0.270. The van der Waals surface area contributed by atoms with Gasteiger partial charge in [0.2, 0.25) is 5.95 Å². The number of aromatic nitrogens is 5. The molecule has 0 saturated heterocycles. The van der Waals surface area contributed by atoms with Crippen molar-refractivity contribution < 1.29 is 4.79 Å². The van der Waals surface area contributed by atoms with E-state index >= 15 is 0 Å². The first-order chi connectivity index (χ1) is 15.2. The predicted octanol–water partition coefficient (Wildman–Crippen LogP) is 4.41. The number of nitrogens with zero attached hydrogens (tertiary/aromatic N) is 5. The first kappa shape index (κ1) is 18.6. The lowest BCUT2D eigenvalue weighted by atomic mass is 10.1. The number of hydrogen-bond donors (Lipinski definition) is 1. The summed E-state index contributed by atoms with van der Waals surface area (Å²) >= 11 is 0. The van der Waals surface area contributed by atoms with E-state index in [1.165, 1.54) is 0 Å². The van der Waals surface area contributed by atoms with Gasteiger partial charge in [0.25, 0.3) is 5.91 Å². The molecule has 3 heterocycles. The van der Waals surface area contributed by atoms with Crippen molar-refractivity contribution in [1.82, 2.24) is 24.6 Å². The van der Waals surface area contributed by atoms with Gasteiger partial charge in [0, 0.05) is 23.5 Å². The minimum Gasteiger partial charge on any atom is -0.290 e.